The number of rotatable bonds is 7. The molecule has 1 aliphatic carbocycles. The number of aromatic nitrogens is 3. The molecule has 0 radical (unpaired) electrons. The van der Waals surface area contributed by atoms with Gasteiger partial charge in [-0.25, -0.2) is 4.98 Å². The van der Waals surface area contributed by atoms with Crippen molar-refractivity contribution in [3.63, 3.8) is 0 Å². The summed E-state index contributed by atoms with van der Waals surface area (Å²) >= 11 is 1.73. The first-order valence-electron chi connectivity index (χ1n) is 10.5. The minimum Gasteiger partial charge on any atom is -0.347 e. The molecule has 2 fully saturated rings. The van der Waals surface area contributed by atoms with Crippen LogP contribution in [0.5, 0.6) is 0 Å². The average Bonchev–Trinajstić information content (AvgIpc) is 3.34. The number of likely N-dealkylation sites (tertiary alicyclic amines) is 1. The molecule has 1 N–H and O–H groups in total. The lowest BCUT2D eigenvalue weighted by Crippen LogP contribution is -2.52. The van der Waals surface area contributed by atoms with E-state index in [0.717, 1.165) is 38.3 Å². The lowest BCUT2D eigenvalue weighted by Gasteiger charge is -2.38. The Morgan fingerprint density at radius 3 is 2.68 bits per heavy atom. The molecule has 3 atom stereocenters. The normalized spacial score (nSPS) is 24.8. The molecule has 3 heterocycles. The van der Waals surface area contributed by atoms with Crippen molar-refractivity contribution < 1.29 is 4.79 Å². The highest BCUT2D eigenvalue weighted by Gasteiger charge is 2.43. The minimum absolute atomic E-state index is 0.0413. The number of thiazole rings is 1. The Bertz CT molecular complexity index is 786. The van der Waals surface area contributed by atoms with Gasteiger partial charge in [0.15, 0.2) is 0 Å². The van der Waals surface area contributed by atoms with Crippen LogP contribution >= 0.6 is 11.3 Å². The molecule has 1 unspecified atom stereocenters. The molecule has 7 heteroatoms. The first-order chi connectivity index (χ1) is 13.5. The van der Waals surface area contributed by atoms with Crippen molar-refractivity contribution in [2.24, 2.45) is 17.8 Å². The van der Waals surface area contributed by atoms with Crippen LogP contribution in [0, 0.1) is 17.8 Å². The Morgan fingerprint density at radius 1 is 1.32 bits per heavy atom. The van der Waals surface area contributed by atoms with Crippen LogP contribution in [0.25, 0.3) is 0 Å². The van der Waals surface area contributed by atoms with E-state index in [1.165, 1.54) is 17.8 Å². The zero-order valence-electron chi connectivity index (χ0n) is 17.1. The predicted molar refractivity (Wildman–Crippen MR) is 111 cm³/mol. The summed E-state index contributed by atoms with van der Waals surface area (Å²) in [6.45, 7) is 10.2. The van der Waals surface area contributed by atoms with Crippen LogP contribution in [0.1, 0.15) is 54.8 Å². The summed E-state index contributed by atoms with van der Waals surface area (Å²) in [4.78, 5) is 20.0. The maximum atomic E-state index is 13.1. The van der Waals surface area contributed by atoms with Crippen molar-refractivity contribution in [2.75, 3.05) is 13.1 Å². The van der Waals surface area contributed by atoms with E-state index in [0.29, 0.717) is 23.4 Å². The van der Waals surface area contributed by atoms with Gasteiger partial charge in [-0.05, 0) is 50.0 Å². The van der Waals surface area contributed by atoms with Gasteiger partial charge in [-0.15, -0.1) is 11.3 Å². The third-order valence-electron chi connectivity index (χ3n) is 6.03. The summed E-state index contributed by atoms with van der Waals surface area (Å²) in [7, 11) is 0. The molecule has 152 valence electrons. The molecule has 0 aromatic carbocycles. The monoisotopic (exact) mass is 401 g/mol. The van der Waals surface area contributed by atoms with Gasteiger partial charge in [-0.1, -0.05) is 13.8 Å². The maximum absolute atomic E-state index is 13.1. The van der Waals surface area contributed by atoms with Gasteiger partial charge >= 0.3 is 0 Å². The number of carbonyl (C=O) groups excluding carboxylic acids is 1. The van der Waals surface area contributed by atoms with Gasteiger partial charge < -0.3 is 5.32 Å². The molecule has 2 bridgehead atoms. The molecular formula is C21H31N5OS. The molecule has 2 aliphatic rings. The number of nitrogens with one attached hydrogen (secondary N) is 1. The zero-order chi connectivity index (χ0) is 19.7. The summed E-state index contributed by atoms with van der Waals surface area (Å²) < 4.78 is 1.85. The third kappa shape index (κ3) is 4.15. The summed E-state index contributed by atoms with van der Waals surface area (Å²) in [6, 6.07) is 2.27. The average molecular weight is 402 g/mol. The largest absolute Gasteiger partial charge is 0.347 e. The van der Waals surface area contributed by atoms with Crippen LogP contribution < -0.4 is 5.32 Å². The summed E-state index contributed by atoms with van der Waals surface area (Å²) in [6.07, 6.45) is 5.20. The SMILES string of the molecule is CCn1nc(CC(C)C)cc1C(=O)NC1[C@@H]2CC[C@H]1CN(Cc1nccs1)C2. The standard InChI is InChI=1S/C21H31N5OS/c1-4-26-18(10-17(24-26)9-14(2)3)21(27)23-20-15-5-6-16(20)12-25(11-15)13-19-22-7-8-28-19/h7-8,10,14-16,20H,4-6,9,11-13H2,1-3H3,(H,23,27)/t15-,16+,20?. The van der Waals surface area contributed by atoms with Gasteiger partial charge in [0, 0.05) is 37.3 Å². The Kier molecular flexibility index (Phi) is 5.83. The number of hydrogen-bond acceptors (Lipinski definition) is 5. The minimum atomic E-state index is 0.0413. The maximum Gasteiger partial charge on any atom is 0.269 e. The second-order valence-electron chi connectivity index (χ2n) is 8.65. The third-order valence-corrected chi connectivity index (χ3v) is 6.79. The Hall–Kier alpha value is -1.73. The van der Waals surface area contributed by atoms with Gasteiger partial charge in [-0.2, -0.15) is 5.10 Å². The lowest BCUT2D eigenvalue weighted by atomic mass is 9.92. The van der Waals surface area contributed by atoms with E-state index in [4.69, 9.17) is 0 Å². The molecule has 0 spiro atoms. The molecule has 2 aromatic heterocycles. The van der Waals surface area contributed by atoms with Gasteiger partial charge in [0.05, 0.1) is 12.2 Å². The van der Waals surface area contributed by atoms with E-state index in [1.807, 2.05) is 29.2 Å². The van der Waals surface area contributed by atoms with Crippen molar-refractivity contribution in [3.8, 4) is 0 Å². The van der Waals surface area contributed by atoms with Crippen LogP contribution in [0.15, 0.2) is 17.6 Å². The fourth-order valence-electron chi connectivity index (χ4n) is 4.84. The fraction of sp³-hybridized carbons (Fsp3) is 0.667. The second-order valence-corrected chi connectivity index (χ2v) is 9.63. The van der Waals surface area contributed by atoms with Gasteiger partial charge in [0.2, 0.25) is 0 Å². The first-order valence-corrected chi connectivity index (χ1v) is 11.4. The van der Waals surface area contributed by atoms with Crippen molar-refractivity contribution in [3.05, 3.63) is 34.0 Å². The van der Waals surface area contributed by atoms with Gasteiger partial charge in [-0.3, -0.25) is 14.4 Å². The van der Waals surface area contributed by atoms with E-state index in [1.54, 1.807) is 11.3 Å². The number of piperidine rings is 1. The van der Waals surface area contributed by atoms with Crippen LogP contribution in [0.3, 0.4) is 0 Å². The van der Waals surface area contributed by atoms with E-state index < -0.39 is 0 Å². The Labute approximate surface area is 171 Å². The van der Waals surface area contributed by atoms with Crippen LogP contribution in [0.2, 0.25) is 0 Å². The highest BCUT2D eigenvalue weighted by Crippen LogP contribution is 2.37. The van der Waals surface area contributed by atoms with Gasteiger partial charge in [0.1, 0.15) is 10.7 Å². The van der Waals surface area contributed by atoms with Crippen molar-refractivity contribution in [1.82, 2.24) is 25.0 Å². The van der Waals surface area contributed by atoms with Gasteiger partial charge in [0.25, 0.3) is 5.91 Å². The smallest absolute Gasteiger partial charge is 0.269 e. The number of aryl methyl sites for hydroxylation is 1. The quantitative estimate of drug-likeness (QED) is 0.774. The molecule has 1 amide bonds. The molecule has 1 aliphatic heterocycles. The van der Waals surface area contributed by atoms with E-state index in [2.05, 4.69) is 34.1 Å². The molecule has 4 rings (SSSR count). The molecule has 6 nitrogen and oxygen atoms in total. The highest BCUT2D eigenvalue weighted by molar-refractivity contribution is 7.09. The Morgan fingerprint density at radius 2 is 2.07 bits per heavy atom. The van der Waals surface area contributed by atoms with Crippen molar-refractivity contribution in [2.45, 2.75) is 59.2 Å². The van der Waals surface area contributed by atoms with Crippen molar-refractivity contribution in [1.29, 1.82) is 0 Å². The number of nitrogens with zero attached hydrogens (tertiary/aromatic N) is 4. The number of amides is 1. The topological polar surface area (TPSA) is 63.1 Å². The molecule has 1 saturated carbocycles. The van der Waals surface area contributed by atoms with Crippen LogP contribution in [-0.2, 0) is 19.5 Å². The van der Waals surface area contributed by atoms with Crippen molar-refractivity contribution >= 4 is 17.2 Å². The number of fused-ring (bicyclic) bond motifs is 2. The Balaban J connectivity index is 1.41. The van der Waals surface area contributed by atoms with Crippen LogP contribution in [-0.4, -0.2) is 44.7 Å². The predicted octanol–water partition coefficient (Wildman–Crippen LogP) is 3.20. The van der Waals surface area contributed by atoms with E-state index >= 15 is 0 Å². The molecular weight excluding hydrogens is 370 g/mol. The summed E-state index contributed by atoms with van der Waals surface area (Å²) in [5.41, 5.74) is 1.73. The zero-order valence-corrected chi connectivity index (χ0v) is 17.9. The molecule has 1 saturated heterocycles. The number of hydrogen-bond donors (Lipinski definition) is 1. The summed E-state index contributed by atoms with van der Waals surface area (Å²) in [5, 5.41) is 11.2. The fourth-order valence-corrected chi connectivity index (χ4v) is 5.50. The number of carbonyl (C=O) groups is 1. The summed E-state index contributed by atoms with van der Waals surface area (Å²) in [5.74, 6) is 1.65. The van der Waals surface area contributed by atoms with E-state index in [9.17, 15) is 4.79 Å². The first kappa shape index (κ1) is 19.6. The van der Waals surface area contributed by atoms with Crippen LogP contribution in [0.4, 0.5) is 0 Å². The van der Waals surface area contributed by atoms with E-state index in [-0.39, 0.29) is 11.9 Å². The highest BCUT2D eigenvalue weighted by atomic mass is 32.1. The molecule has 2 aromatic rings. The second kappa shape index (κ2) is 8.33. The lowest BCUT2D eigenvalue weighted by molar-refractivity contribution is 0.0815. The molecule has 28 heavy (non-hydrogen) atoms.